The summed E-state index contributed by atoms with van der Waals surface area (Å²) in [4.78, 5) is 11.7. The fraction of sp³-hybridized carbons (Fsp3) is 0.562. The van der Waals surface area contributed by atoms with Gasteiger partial charge in [-0.05, 0) is 24.3 Å². The minimum atomic E-state index is -0.878. The zero-order valence-corrected chi connectivity index (χ0v) is 14.1. The van der Waals surface area contributed by atoms with Crippen molar-refractivity contribution < 1.29 is 9.00 Å². The minimum Gasteiger partial charge on any atom is -0.337 e. The van der Waals surface area contributed by atoms with Gasteiger partial charge < -0.3 is 10.6 Å². The zero-order valence-electron chi connectivity index (χ0n) is 13.3. The lowest BCUT2D eigenvalue weighted by Gasteiger charge is -2.29. The smallest absolute Gasteiger partial charge is 0.315 e. The van der Waals surface area contributed by atoms with E-state index in [1.165, 1.54) is 5.56 Å². The number of nitrogens with one attached hydrogen (secondary N) is 2. The molecule has 0 fully saturated rings. The van der Waals surface area contributed by atoms with Crippen molar-refractivity contribution in [2.75, 3.05) is 18.6 Å². The van der Waals surface area contributed by atoms with Gasteiger partial charge in [-0.2, -0.15) is 0 Å². The Kier molecular flexibility index (Phi) is 6.89. The molecule has 0 aliphatic carbocycles. The molecule has 0 saturated carbocycles. The number of benzene rings is 1. The third-order valence-corrected chi connectivity index (χ3v) is 4.20. The van der Waals surface area contributed by atoms with Gasteiger partial charge in [0, 0.05) is 35.4 Å². The summed E-state index contributed by atoms with van der Waals surface area (Å²) in [5.41, 5.74) is 1.26. The van der Waals surface area contributed by atoms with Gasteiger partial charge in [-0.3, -0.25) is 4.21 Å². The Morgan fingerprint density at radius 3 is 2.48 bits per heavy atom. The summed E-state index contributed by atoms with van der Waals surface area (Å²) >= 11 is 0. The van der Waals surface area contributed by atoms with E-state index in [1.54, 1.807) is 6.26 Å². The van der Waals surface area contributed by atoms with Crippen LogP contribution in [0, 0.1) is 0 Å². The van der Waals surface area contributed by atoms with Crippen molar-refractivity contribution in [3.05, 3.63) is 35.9 Å². The Balaban J connectivity index is 2.44. The first-order valence-corrected chi connectivity index (χ1v) is 8.94. The summed E-state index contributed by atoms with van der Waals surface area (Å²) in [6.45, 7) is 6.79. The summed E-state index contributed by atoms with van der Waals surface area (Å²) in [7, 11) is -0.878. The van der Waals surface area contributed by atoms with Gasteiger partial charge >= 0.3 is 6.03 Å². The number of carbonyl (C=O) groups is 1. The molecule has 1 rings (SSSR count). The molecule has 0 unspecified atom stereocenters. The normalized spacial score (nSPS) is 14.3. The van der Waals surface area contributed by atoms with Crippen LogP contribution in [0.25, 0.3) is 0 Å². The quantitative estimate of drug-likeness (QED) is 0.812. The Labute approximate surface area is 130 Å². The lowest BCUT2D eigenvalue weighted by molar-refractivity contribution is 0.235. The number of hydrogen-bond donors (Lipinski definition) is 2. The van der Waals surface area contributed by atoms with Crippen molar-refractivity contribution in [2.24, 2.45) is 0 Å². The second kappa shape index (κ2) is 8.17. The Morgan fingerprint density at radius 1 is 1.29 bits per heavy atom. The van der Waals surface area contributed by atoms with E-state index < -0.39 is 10.8 Å². The molecule has 0 aromatic heterocycles. The molecular formula is C16H26N2O2S. The predicted octanol–water partition coefficient (Wildman–Crippen LogP) is 2.42. The second-order valence-electron chi connectivity index (χ2n) is 6.03. The monoisotopic (exact) mass is 310 g/mol. The fourth-order valence-electron chi connectivity index (χ4n) is 2.41. The molecule has 0 saturated heterocycles. The van der Waals surface area contributed by atoms with Crippen LogP contribution in [-0.4, -0.2) is 34.8 Å². The number of amides is 2. The largest absolute Gasteiger partial charge is 0.337 e. The summed E-state index contributed by atoms with van der Waals surface area (Å²) in [6.07, 6.45) is 2.48. The van der Waals surface area contributed by atoms with E-state index >= 15 is 0 Å². The Hall–Kier alpha value is -1.36. The molecule has 5 heteroatoms. The number of rotatable bonds is 7. The van der Waals surface area contributed by atoms with Crippen LogP contribution in [0.2, 0.25) is 0 Å². The van der Waals surface area contributed by atoms with E-state index in [0.29, 0.717) is 12.3 Å². The van der Waals surface area contributed by atoms with Gasteiger partial charge in [-0.1, -0.05) is 44.2 Å². The highest BCUT2D eigenvalue weighted by molar-refractivity contribution is 7.84. The van der Waals surface area contributed by atoms with Crippen LogP contribution in [0.3, 0.4) is 0 Å². The Morgan fingerprint density at radius 2 is 1.90 bits per heavy atom. The molecule has 1 aromatic rings. The molecule has 118 valence electrons. The molecule has 0 spiro atoms. The Bertz CT molecular complexity index is 474. The maximum Gasteiger partial charge on any atom is 0.315 e. The molecule has 0 heterocycles. The van der Waals surface area contributed by atoms with Gasteiger partial charge in [0.2, 0.25) is 0 Å². The van der Waals surface area contributed by atoms with Crippen molar-refractivity contribution in [1.82, 2.24) is 10.6 Å². The topological polar surface area (TPSA) is 58.2 Å². The number of urea groups is 1. The van der Waals surface area contributed by atoms with Gasteiger partial charge in [0.05, 0.1) is 0 Å². The summed E-state index contributed by atoms with van der Waals surface area (Å²) in [6, 6.07) is 10.2. The molecule has 2 N–H and O–H groups in total. The minimum absolute atomic E-state index is 0.00112. The fourth-order valence-corrected chi connectivity index (χ4v) is 2.80. The maximum atomic E-state index is 11.7. The number of hydrogen-bond acceptors (Lipinski definition) is 2. The standard InChI is InChI=1S/C16H26N2O2S/c1-13(18-15(19)17-10-11-21(4)20)12-16(2,3)14-8-6-5-7-9-14/h5-9,13H,10-12H2,1-4H3,(H2,17,18,19)/t13-,21+/m1/s1. The van der Waals surface area contributed by atoms with Crippen molar-refractivity contribution in [3.63, 3.8) is 0 Å². The SMILES string of the molecule is C[C@H](CC(C)(C)c1ccccc1)NC(=O)NCC[S@](C)=O. The van der Waals surface area contributed by atoms with Crippen molar-refractivity contribution in [2.45, 2.75) is 38.6 Å². The van der Waals surface area contributed by atoms with Gasteiger partial charge in [0.15, 0.2) is 0 Å². The highest BCUT2D eigenvalue weighted by Crippen LogP contribution is 2.27. The van der Waals surface area contributed by atoms with E-state index in [9.17, 15) is 9.00 Å². The lowest BCUT2D eigenvalue weighted by atomic mass is 9.79. The van der Waals surface area contributed by atoms with Crippen LogP contribution in [0.5, 0.6) is 0 Å². The van der Waals surface area contributed by atoms with E-state index in [2.05, 4.69) is 36.6 Å². The van der Waals surface area contributed by atoms with Gasteiger partial charge in [-0.25, -0.2) is 4.79 Å². The van der Waals surface area contributed by atoms with Gasteiger partial charge in [-0.15, -0.1) is 0 Å². The number of carbonyl (C=O) groups excluding carboxylic acids is 1. The van der Waals surface area contributed by atoms with Crippen LogP contribution in [0.15, 0.2) is 30.3 Å². The van der Waals surface area contributed by atoms with Crippen LogP contribution >= 0.6 is 0 Å². The van der Waals surface area contributed by atoms with Gasteiger partial charge in [0.1, 0.15) is 0 Å². The van der Waals surface area contributed by atoms with Crippen LogP contribution in [-0.2, 0) is 16.2 Å². The first-order valence-electron chi connectivity index (χ1n) is 7.21. The zero-order chi connectivity index (χ0) is 15.9. The highest BCUT2D eigenvalue weighted by atomic mass is 32.2. The summed E-state index contributed by atoms with van der Waals surface area (Å²) in [5, 5.41) is 5.66. The van der Waals surface area contributed by atoms with Crippen molar-refractivity contribution >= 4 is 16.8 Å². The molecule has 0 aliphatic rings. The van der Waals surface area contributed by atoms with E-state index in [4.69, 9.17) is 0 Å². The second-order valence-corrected chi connectivity index (χ2v) is 7.59. The third kappa shape index (κ3) is 6.76. The molecule has 2 atom stereocenters. The third-order valence-electron chi connectivity index (χ3n) is 3.42. The molecule has 21 heavy (non-hydrogen) atoms. The van der Waals surface area contributed by atoms with Crippen LogP contribution in [0.4, 0.5) is 4.79 Å². The lowest BCUT2D eigenvalue weighted by Crippen LogP contribution is -2.44. The van der Waals surface area contributed by atoms with E-state index in [1.807, 2.05) is 25.1 Å². The summed E-state index contributed by atoms with van der Waals surface area (Å²) in [5.74, 6) is 0.483. The van der Waals surface area contributed by atoms with Crippen molar-refractivity contribution in [1.29, 1.82) is 0 Å². The maximum absolute atomic E-state index is 11.7. The van der Waals surface area contributed by atoms with Crippen molar-refractivity contribution in [3.8, 4) is 0 Å². The van der Waals surface area contributed by atoms with E-state index in [0.717, 1.165) is 6.42 Å². The average molecular weight is 310 g/mol. The molecular weight excluding hydrogens is 284 g/mol. The molecule has 0 radical (unpaired) electrons. The molecule has 2 amide bonds. The molecule has 4 nitrogen and oxygen atoms in total. The molecule has 0 bridgehead atoms. The predicted molar refractivity (Wildman–Crippen MR) is 89.0 cm³/mol. The highest BCUT2D eigenvalue weighted by Gasteiger charge is 2.23. The van der Waals surface area contributed by atoms with E-state index in [-0.39, 0.29) is 17.5 Å². The van der Waals surface area contributed by atoms with Crippen LogP contribution < -0.4 is 10.6 Å². The average Bonchev–Trinajstić information content (AvgIpc) is 2.38. The first kappa shape index (κ1) is 17.7. The molecule has 1 aromatic carbocycles. The first-order chi connectivity index (χ1) is 9.81. The summed E-state index contributed by atoms with van der Waals surface area (Å²) < 4.78 is 10.9. The molecule has 0 aliphatic heterocycles. The van der Waals surface area contributed by atoms with Crippen LogP contribution in [0.1, 0.15) is 32.8 Å². The van der Waals surface area contributed by atoms with Gasteiger partial charge in [0.25, 0.3) is 0 Å².